The van der Waals surface area contributed by atoms with Gasteiger partial charge in [-0.05, 0) is 50.4 Å². The SMILES string of the molecule is CSc1ccc(NC(=O)N2CCN(C)C3(CCC(=O)N(C)CC3)C2)cc1. The standard InChI is InChI=1S/C19H28N4O2S/c1-21-11-10-19(9-8-17(21)24)14-23(13-12-22(19)2)18(25)20-15-4-6-16(26-3)7-5-15/h4-7H,8-14H2,1-3H3,(H,20,25). The number of amides is 3. The lowest BCUT2D eigenvalue weighted by atomic mass is 9.86. The van der Waals surface area contributed by atoms with Gasteiger partial charge in [-0.15, -0.1) is 11.8 Å². The molecular formula is C19H28N4O2S. The van der Waals surface area contributed by atoms with Crippen LogP contribution in [0.25, 0.3) is 0 Å². The van der Waals surface area contributed by atoms with Crippen molar-refractivity contribution >= 4 is 29.4 Å². The van der Waals surface area contributed by atoms with E-state index < -0.39 is 0 Å². The molecule has 3 amide bonds. The Kier molecular flexibility index (Phi) is 5.77. The summed E-state index contributed by atoms with van der Waals surface area (Å²) in [6.45, 7) is 2.95. The largest absolute Gasteiger partial charge is 0.346 e. The van der Waals surface area contributed by atoms with Crippen LogP contribution in [-0.4, -0.2) is 78.7 Å². The molecule has 1 spiro atoms. The fourth-order valence-corrected chi connectivity index (χ4v) is 4.22. The Balaban J connectivity index is 1.68. The van der Waals surface area contributed by atoms with Crippen molar-refractivity contribution in [3.8, 4) is 0 Å². The molecule has 0 saturated carbocycles. The van der Waals surface area contributed by atoms with Gasteiger partial charge in [0.1, 0.15) is 0 Å². The minimum atomic E-state index is -0.112. The quantitative estimate of drug-likeness (QED) is 0.806. The van der Waals surface area contributed by atoms with Crippen LogP contribution >= 0.6 is 11.8 Å². The number of rotatable bonds is 2. The number of carbonyl (C=O) groups is 2. The molecule has 1 aromatic rings. The summed E-state index contributed by atoms with van der Waals surface area (Å²) in [5.41, 5.74) is 0.704. The molecule has 2 saturated heterocycles. The zero-order valence-electron chi connectivity index (χ0n) is 15.8. The minimum Gasteiger partial charge on any atom is -0.346 e. The van der Waals surface area contributed by atoms with Crippen molar-refractivity contribution < 1.29 is 9.59 Å². The van der Waals surface area contributed by atoms with Gasteiger partial charge in [0.15, 0.2) is 0 Å². The maximum Gasteiger partial charge on any atom is 0.321 e. The van der Waals surface area contributed by atoms with E-state index in [9.17, 15) is 9.59 Å². The molecule has 2 aliphatic heterocycles. The van der Waals surface area contributed by atoms with E-state index in [2.05, 4.69) is 17.3 Å². The monoisotopic (exact) mass is 376 g/mol. The van der Waals surface area contributed by atoms with Crippen LogP contribution in [0.2, 0.25) is 0 Å². The number of likely N-dealkylation sites (N-methyl/N-ethyl adjacent to an activating group) is 1. The zero-order chi connectivity index (χ0) is 18.7. The van der Waals surface area contributed by atoms with E-state index in [4.69, 9.17) is 0 Å². The summed E-state index contributed by atoms with van der Waals surface area (Å²) in [4.78, 5) is 32.1. The molecule has 0 bridgehead atoms. The van der Waals surface area contributed by atoms with Gasteiger partial charge in [0.2, 0.25) is 5.91 Å². The Morgan fingerprint density at radius 3 is 2.54 bits per heavy atom. The van der Waals surface area contributed by atoms with Gasteiger partial charge in [0.05, 0.1) is 0 Å². The maximum atomic E-state index is 12.8. The van der Waals surface area contributed by atoms with Gasteiger partial charge in [0.25, 0.3) is 0 Å². The van der Waals surface area contributed by atoms with Crippen molar-refractivity contribution in [2.75, 3.05) is 51.8 Å². The van der Waals surface area contributed by atoms with Crippen molar-refractivity contribution in [1.29, 1.82) is 0 Å². The number of carbonyl (C=O) groups excluding carboxylic acids is 2. The van der Waals surface area contributed by atoms with Gasteiger partial charge < -0.3 is 15.1 Å². The average Bonchev–Trinajstić information content (AvgIpc) is 2.79. The first-order valence-electron chi connectivity index (χ1n) is 9.09. The van der Waals surface area contributed by atoms with Gasteiger partial charge in [-0.1, -0.05) is 0 Å². The predicted octanol–water partition coefficient (Wildman–Crippen LogP) is 2.57. The minimum absolute atomic E-state index is 0.0571. The average molecular weight is 377 g/mol. The fraction of sp³-hybridized carbons (Fsp3) is 0.579. The number of nitrogens with one attached hydrogen (secondary N) is 1. The molecule has 1 atom stereocenters. The number of benzene rings is 1. The van der Waals surface area contributed by atoms with E-state index in [1.807, 2.05) is 47.4 Å². The Morgan fingerprint density at radius 2 is 1.85 bits per heavy atom. The Morgan fingerprint density at radius 1 is 1.12 bits per heavy atom. The van der Waals surface area contributed by atoms with E-state index in [1.165, 1.54) is 4.90 Å². The van der Waals surface area contributed by atoms with E-state index in [1.54, 1.807) is 11.8 Å². The number of thioether (sulfide) groups is 1. The third kappa shape index (κ3) is 3.99. The van der Waals surface area contributed by atoms with Crippen LogP contribution in [0, 0.1) is 0 Å². The maximum absolute atomic E-state index is 12.8. The number of anilines is 1. The molecule has 142 valence electrons. The number of hydrogen-bond acceptors (Lipinski definition) is 4. The van der Waals surface area contributed by atoms with Gasteiger partial charge in [-0.2, -0.15) is 0 Å². The molecule has 7 heteroatoms. The van der Waals surface area contributed by atoms with Crippen LogP contribution in [0.1, 0.15) is 19.3 Å². The van der Waals surface area contributed by atoms with Crippen molar-refractivity contribution in [3.63, 3.8) is 0 Å². The van der Waals surface area contributed by atoms with Crippen molar-refractivity contribution in [3.05, 3.63) is 24.3 Å². The van der Waals surface area contributed by atoms with Crippen LogP contribution in [0.3, 0.4) is 0 Å². The Bertz CT molecular complexity index is 666. The Labute approximate surface area is 159 Å². The molecule has 26 heavy (non-hydrogen) atoms. The van der Waals surface area contributed by atoms with Crippen molar-refractivity contribution in [1.82, 2.24) is 14.7 Å². The van der Waals surface area contributed by atoms with E-state index in [0.717, 1.165) is 31.6 Å². The second kappa shape index (κ2) is 7.88. The summed E-state index contributed by atoms with van der Waals surface area (Å²) < 4.78 is 0. The van der Waals surface area contributed by atoms with E-state index in [0.29, 0.717) is 19.5 Å². The van der Waals surface area contributed by atoms with Crippen molar-refractivity contribution in [2.24, 2.45) is 0 Å². The molecule has 1 N–H and O–H groups in total. The van der Waals surface area contributed by atoms with Gasteiger partial charge >= 0.3 is 6.03 Å². The van der Waals surface area contributed by atoms with Crippen LogP contribution in [0.15, 0.2) is 29.2 Å². The third-order valence-electron chi connectivity index (χ3n) is 5.77. The molecule has 2 fully saturated rings. The lowest BCUT2D eigenvalue weighted by Crippen LogP contribution is -2.62. The second-order valence-electron chi connectivity index (χ2n) is 7.29. The molecule has 0 aliphatic carbocycles. The molecule has 6 nitrogen and oxygen atoms in total. The van der Waals surface area contributed by atoms with E-state index >= 15 is 0 Å². The highest BCUT2D eigenvalue weighted by Crippen LogP contribution is 2.32. The number of piperazine rings is 1. The predicted molar refractivity (Wildman–Crippen MR) is 106 cm³/mol. The normalized spacial score (nSPS) is 24.7. The lowest BCUT2D eigenvalue weighted by molar-refractivity contribution is -0.129. The van der Waals surface area contributed by atoms with Crippen molar-refractivity contribution in [2.45, 2.75) is 29.7 Å². The topological polar surface area (TPSA) is 55.9 Å². The van der Waals surface area contributed by atoms with Crippen LogP contribution in [0.4, 0.5) is 10.5 Å². The fourth-order valence-electron chi connectivity index (χ4n) is 3.81. The summed E-state index contributed by atoms with van der Waals surface area (Å²) in [5, 5.41) is 3.01. The molecule has 1 unspecified atom stereocenters. The number of likely N-dealkylation sites (tertiary alicyclic amines) is 1. The highest BCUT2D eigenvalue weighted by molar-refractivity contribution is 7.98. The molecule has 2 aliphatic rings. The van der Waals surface area contributed by atoms with Gasteiger partial charge in [-0.25, -0.2) is 4.79 Å². The first-order chi connectivity index (χ1) is 12.4. The highest BCUT2D eigenvalue weighted by Gasteiger charge is 2.42. The van der Waals surface area contributed by atoms with E-state index in [-0.39, 0.29) is 17.5 Å². The molecule has 0 radical (unpaired) electrons. The third-order valence-corrected chi connectivity index (χ3v) is 6.51. The first-order valence-corrected chi connectivity index (χ1v) is 10.3. The number of urea groups is 1. The van der Waals surface area contributed by atoms with Crippen LogP contribution in [0.5, 0.6) is 0 Å². The number of hydrogen-bond donors (Lipinski definition) is 1. The second-order valence-corrected chi connectivity index (χ2v) is 8.17. The smallest absolute Gasteiger partial charge is 0.321 e. The summed E-state index contributed by atoms with van der Waals surface area (Å²) in [7, 11) is 3.99. The molecule has 1 aromatic carbocycles. The first kappa shape index (κ1) is 19.0. The zero-order valence-corrected chi connectivity index (χ0v) is 16.6. The summed E-state index contributed by atoms with van der Waals surface area (Å²) in [6, 6.07) is 7.85. The number of nitrogens with zero attached hydrogens (tertiary/aromatic N) is 3. The summed E-state index contributed by atoms with van der Waals surface area (Å²) in [5.74, 6) is 0.200. The molecular weight excluding hydrogens is 348 g/mol. The van der Waals surface area contributed by atoms with Crippen LogP contribution < -0.4 is 5.32 Å². The molecule has 3 rings (SSSR count). The van der Waals surface area contributed by atoms with Gasteiger partial charge in [-0.3, -0.25) is 9.69 Å². The molecule has 2 heterocycles. The summed E-state index contributed by atoms with van der Waals surface area (Å²) in [6.07, 6.45) is 4.29. The van der Waals surface area contributed by atoms with Gasteiger partial charge in [0, 0.05) is 55.8 Å². The molecule has 0 aromatic heterocycles. The Hall–Kier alpha value is -1.73. The summed E-state index contributed by atoms with van der Waals surface area (Å²) >= 11 is 1.68. The van der Waals surface area contributed by atoms with Crippen LogP contribution in [-0.2, 0) is 4.79 Å². The lowest BCUT2D eigenvalue weighted by Gasteiger charge is -2.49. The highest BCUT2D eigenvalue weighted by atomic mass is 32.2.